The minimum atomic E-state index is -3.53. The fourth-order valence-electron chi connectivity index (χ4n) is 3.84. The van der Waals surface area contributed by atoms with E-state index in [0.717, 1.165) is 27.1 Å². The molecule has 1 aromatic carbocycles. The van der Waals surface area contributed by atoms with Gasteiger partial charge in [0.05, 0.1) is 16.3 Å². The van der Waals surface area contributed by atoms with E-state index in [0.29, 0.717) is 49.3 Å². The van der Waals surface area contributed by atoms with Crippen molar-refractivity contribution in [3.05, 3.63) is 51.7 Å². The first-order valence-electron chi connectivity index (χ1n) is 9.93. The van der Waals surface area contributed by atoms with Gasteiger partial charge >= 0.3 is 0 Å². The third-order valence-electron chi connectivity index (χ3n) is 5.79. The molecule has 160 valence electrons. The van der Waals surface area contributed by atoms with Crippen LogP contribution in [-0.2, 0) is 16.6 Å². The molecule has 0 saturated carbocycles. The van der Waals surface area contributed by atoms with Gasteiger partial charge in [0, 0.05) is 26.2 Å². The molecule has 3 aromatic rings. The SMILES string of the molecule is Cc1cc(C)c(C)c(S(=O)(=O)N2CCN(Cc3nc(-c4cccs4)no3)CC2)c1C. The second-order valence-electron chi connectivity index (χ2n) is 7.76. The number of aromatic nitrogens is 2. The van der Waals surface area contributed by atoms with Crippen molar-refractivity contribution >= 4 is 21.4 Å². The molecule has 30 heavy (non-hydrogen) atoms. The molecule has 0 radical (unpaired) electrons. The molecule has 0 atom stereocenters. The largest absolute Gasteiger partial charge is 0.338 e. The molecule has 1 fully saturated rings. The van der Waals surface area contributed by atoms with E-state index >= 15 is 0 Å². The number of hydrogen-bond acceptors (Lipinski definition) is 7. The van der Waals surface area contributed by atoms with E-state index < -0.39 is 10.0 Å². The normalized spacial score (nSPS) is 16.3. The zero-order valence-corrected chi connectivity index (χ0v) is 19.3. The number of piperazine rings is 1. The fourth-order valence-corrected chi connectivity index (χ4v) is 6.49. The van der Waals surface area contributed by atoms with Gasteiger partial charge in [0.15, 0.2) is 0 Å². The lowest BCUT2D eigenvalue weighted by atomic mass is 10.0. The first-order valence-corrected chi connectivity index (χ1v) is 12.3. The summed E-state index contributed by atoms with van der Waals surface area (Å²) < 4.78 is 33.8. The summed E-state index contributed by atoms with van der Waals surface area (Å²) >= 11 is 1.57. The van der Waals surface area contributed by atoms with Crippen molar-refractivity contribution in [1.82, 2.24) is 19.3 Å². The van der Waals surface area contributed by atoms with E-state index in [2.05, 4.69) is 21.1 Å². The van der Waals surface area contributed by atoms with Crippen LogP contribution in [0.1, 0.15) is 28.1 Å². The summed E-state index contributed by atoms with van der Waals surface area (Å²) in [6.45, 7) is 10.4. The second kappa shape index (κ2) is 8.22. The van der Waals surface area contributed by atoms with Crippen molar-refractivity contribution in [3.63, 3.8) is 0 Å². The first-order chi connectivity index (χ1) is 14.3. The Morgan fingerprint density at radius 1 is 1.07 bits per heavy atom. The Kier molecular flexibility index (Phi) is 5.80. The van der Waals surface area contributed by atoms with Gasteiger partial charge in [-0.25, -0.2) is 8.42 Å². The smallest absolute Gasteiger partial charge is 0.243 e. The molecule has 2 aromatic heterocycles. The zero-order valence-electron chi connectivity index (χ0n) is 17.7. The van der Waals surface area contributed by atoms with Crippen LogP contribution >= 0.6 is 11.3 Å². The molecule has 7 nitrogen and oxygen atoms in total. The highest BCUT2D eigenvalue weighted by Crippen LogP contribution is 2.29. The average molecular weight is 447 g/mol. The third kappa shape index (κ3) is 3.94. The Morgan fingerprint density at radius 2 is 1.73 bits per heavy atom. The van der Waals surface area contributed by atoms with E-state index in [1.165, 1.54) is 0 Å². The fraction of sp³-hybridized carbons (Fsp3) is 0.429. The van der Waals surface area contributed by atoms with E-state index in [1.54, 1.807) is 15.6 Å². The molecule has 0 spiro atoms. The van der Waals surface area contributed by atoms with E-state index in [-0.39, 0.29) is 0 Å². The van der Waals surface area contributed by atoms with Crippen LogP contribution in [-0.4, -0.2) is 53.9 Å². The summed E-state index contributed by atoms with van der Waals surface area (Å²) in [4.78, 5) is 8.05. The van der Waals surface area contributed by atoms with Gasteiger partial charge in [-0.3, -0.25) is 4.90 Å². The van der Waals surface area contributed by atoms with Crippen LogP contribution in [0.4, 0.5) is 0 Å². The van der Waals surface area contributed by atoms with E-state index in [1.807, 2.05) is 45.2 Å². The molecule has 1 aliphatic rings. The molecule has 0 aliphatic carbocycles. The standard InChI is InChI=1S/C21H26N4O3S2/c1-14-12-15(2)17(4)20(16(14)3)30(26,27)25-9-7-24(8-10-25)13-19-22-21(23-28-19)18-6-5-11-29-18/h5-6,11-12H,7-10,13H2,1-4H3. The van der Waals surface area contributed by atoms with Gasteiger partial charge < -0.3 is 4.52 Å². The van der Waals surface area contributed by atoms with Crippen molar-refractivity contribution in [2.75, 3.05) is 26.2 Å². The monoisotopic (exact) mass is 446 g/mol. The summed E-state index contributed by atoms with van der Waals surface area (Å²) in [5, 5.41) is 6.02. The lowest BCUT2D eigenvalue weighted by Crippen LogP contribution is -2.48. The van der Waals surface area contributed by atoms with Gasteiger partial charge in [-0.1, -0.05) is 17.3 Å². The summed E-state index contributed by atoms with van der Waals surface area (Å²) in [7, 11) is -3.53. The van der Waals surface area contributed by atoms with Crippen molar-refractivity contribution in [1.29, 1.82) is 0 Å². The average Bonchev–Trinajstić information content (AvgIpc) is 3.39. The van der Waals surface area contributed by atoms with Crippen molar-refractivity contribution in [2.45, 2.75) is 39.1 Å². The lowest BCUT2D eigenvalue weighted by molar-refractivity contribution is 0.163. The Morgan fingerprint density at radius 3 is 2.33 bits per heavy atom. The minimum absolute atomic E-state index is 0.445. The van der Waals surface area contributed by atoms with Crippen molar-refractivity contribution < 1.29 is 12.9 Å². The number of benzene rings is 1. The molecule has 0 N–H and O–H groups in total. The van der Waals surface area contributed by atoms with Crippen LogP contribution in [0.5, 0.6) is 0 Å². The highest BCUT2D eigenvalue weighted by atomic mass is 32.2. The van der Waals surface area contributed by atoms with Gasteiger partial charge in [0.25, 0.3) is 0 Å². The Hall–Kier alpha value is -2.07. The van der Waals surface area contributed by atoms with Crippen LogP contribution in [0.25, 0.3) is 10.7 Å². The summed E-state index contributed by atoms with van der Waals surface area (Å²) in [5.41, 5.74) is 3.70. The summed E-state index contributed by atoms with van der Waals surface area (Å²) in [6, 6.07) is 5.96. The highest BCUT2D eigenvalue weighted by Gasteiger charge is 2.32. The molecule has 3 heterocycles. The number of nitrogens with zero attached hydrogens (tertiary/aromatic N) is 4. The molecule has 0 bridgehead atoms. The van der Waals surface area contributed by atoms with Crippen LogP contribution < -0.4 is 0 Å². The molecule has 0 amide bonds. The second-order valence-corrected chi connectivity index (χ2v) is 10.6. The predicted molar refractivity (Wildman–Crippen MR) is 117 cm³/mol. The molecule has 9 heteroatoms. The quantitative estimate of drug-likeness (QED) is 0.596. The zero-order chi connectivity index (χ0) is 21.5. The molecular formula is C21H26N4O3S2. The van der Waals surface area contributed by atoms with Crippen LogP contribution in [0.15, 0.2) is 33.0 Å². The maximum atomic E-state index is 13.4. The van der Waals surface area contributed by atoms with Gasteiger partial charge in [-0.2, -0.15) is 9.29 Å². The first kappa shape index (κ1) is 21.2. The van der Waals surface area contributed by atoms with Crippen molar-refractivity contribution in [3.8, 4) is 10.7 Å². The minimum Gasteiger partial charge on any atom is -0.338 e. The third-order valence-corrected chi connectivity index (χ3v) is 8.83. The molecular weight excluding hydrogens is 420 g/mol. The van der Waals surface area contributed by atoms with Gasteiger partial charge in [0.1, 0.15) is 0 Å². The van der Waals surface area contributed by atoms with E-state index in [4.69, 9.17) is 4.52 Å². The number of rotatable bonds is 5. The lowest BCUT2D eigenvalue weighted by Gasteiger charge is -2.34. The number of hydrogen-bond donors (Lipinski definition) is 0. The van der Waals surface area contributed by atoms with Gasteiger partial charge in [-0.15, -0.1) is 11.3 Å². The van der Waals surface area contributed by atoms with Crippen LogP contribution in [0.3, 0.4) is 0 Å². The Labute approximate surface area is 181 Å². The molecule has 1 saturated heterocycles. The molecule has 0 unspecified atom stereocenters. The molecule has 4 rings (SSSR count). The topological polar surface area (TPSA) is 79.5 Å². The van der Waals surface area contributed by atoms with Crippen LogP contribution in [0.2, 0.25) is 0 Å². The van der Waals surface area contributed by atoms with E-state index in [9.17, 15) is 8.42 Å². The number of sulfonamides is 1. The summed E-state index contributed by atoms with van der Waals surface area (Å²) in [5.74, 6) is 1.15. The van der Waals surface area contributed by atoms with Gasteiger partial charge in [-0.05, 0) is 61.4 Å². The Balaban J connectivity index is 1.45. The maximum Gasteiger partial charge on any atom is 0.243 e. The maximum absolute atomic E-state index is 13.4. The number of thiophene rings is 1. The van der Waals surface area contributed by atoms with Crippen LogP contribution in [0, 0.1) is 27.7 Å². The number of aryl methyl sites for hydroxylation is 2. The van der Waals surface area contributed by atoms with Gasteiger partial charge in [0.2, 0.25) is 21.7 Å². The van der Waals surface area contributed by atoms with Crippen molar-refractivity contribution in [2.24, 2.45) is 0 Å². The summed E-state index contributed by atoms with van der Waals surface area (Å²) in [6.07, 6.45) is 0. The highest BCUT2D eigenvalue weighted by molar-refractivity contribution is 7.89. The predicted octanol–water partition coefficient (Wildman–Crippen LogP) is 3.54. The molecule has 1 aliphatic heterocycles. The Bertz CT molecular complexity index is 1120.